The van der Waals surface area contributed by atoms with E-state index in [1.807, 2.05) is 0 Å². The maximum atomic E-state index is 14.2. The van der Waals surface area contributed by atoms with E-state index in [9.17, 15) is 34.0 Å². The van der Waals surface area contributed by atoms with Crippen LogP contribution in [-0.4, -0.2) is 78.0 Å². The lowest BCUT2D eigenvalue weighted by Gasteiger charge is -2.23. The maximum absolute atomic E-state index is 14.2. The molecule has 0 saturated heterocycles. The van der Waals surface area contributed by atoms with Crippen LogP contribution in [0.15, 0.2) is 60.7 Å². The first-order valence-electron chi connectivity index (χ1n) is 30.1. The van der Waals surface area contributed by atoms with Crippen LogP contribution >= 0.6 is 7.82 Å². The molecule has 0 fully saturated rings. The fraction of sp³-hybridized carbons (Fsp3) is 0.738. The van der Waals surface area contributed by atoms with Gasteiger partial charge in [-0.2, -0.15) is 0 Å². The van der Waals surface area contributed by atoms with E-state index in [4.69, 9.17) is 18.3 Å². The number of unbranched alkanes of at least 4 members (excludes halogenated alkanes) is 24. The number of benzene rings is 2. The number of phosphoric acid groups is 1. The molecule has 0 spiro atoms. The number of nitrogens with one attached hydrogen (secondary N) is 3. The lowest BCUT2D eigenvalue weighted by Crippen LogP contribution is -2.48. The highest BCUT2D eigenvalue weighted by Gasteiger charge is 2.33. The van der Waals surface area contributed by atoms with Crippen molar-refractivity contribution in [3.8, 4) is 11.5 Å². The molecule has 0 saturated carbocycles. The van der Waals surface area contributed by atoms with Gasteiger partial charge in [-0.05, 0) is 62.8 Å². The highest BCUT2D eigenvalue weighted by atomic mass is 31.2. The van der Waals surface area contributed by atoms with Crippen LogP contribution in [0.1, 0.15) is 245 Å². The molecule has 0 aliphatic rings. The lowest BCUT2D eigenvalue weighted by molar-refractivity contribution is -0.151. The Morgan fingerprint density at radius 1 is 0.526 bits per heavy atom. The molecule has 76 heavy (non-hydrogen) atoms. The summed E-state index contributed by atoms with van der Waals surface area (Å²) < 4.78 is 37.6. The summed E-state index contributed by atoms with van der Waals surface area (Å²) in [6.07, 6.45) is 31.1. The van der Waals surface area contributed by atoms with Crippen LogP contribution in [-0.2, 0) is 33.0 Å². The largest absolute Gasteiger partial charge is 0.587 e. The van der Waals surface area contributed by atoms with Crippen molar-refractivity contribution < 1.29 is 52.3 Å². The first-order chi connectivity index (χ1) is 37.0. The maximum Gasteiger partial charge on any atom is 0.587 e. The summed E-state index contributed by atoms with van der Waals surface area (Å²) in [5, 5.41) is 29.2. The second-order valence-corrected chi connectivity index (χ2v) is 22.4. The second kappa shape index (κ2) is 46.0. The van der Waals surface area contributed by atoms with Gasteiger partial charge in [-0.25, -0.2) is 4.57 Å². The number of aliphatic hydroxyl groups is 2. The number of carbonyl (C=O) groups excluding carboxylic acids is 4. The van der Waals surface area contributed by atoms with Crippen molar-refractivity contribution in [2.45, 2.75) is 270 Å². The van der Waals surface area contributed by atoms with E-state index < -0.39 is 43.9 Å². The van der Waals surface area contributed by atoms with Gasteiger partial charge < -0.3 is 39.9 Å². The summed E-state index contributed by atoms with van der Waals surface area (Å²) >= 11 is 0. The second-order valence-electron chi connectivity index (χ2n) is 20.9. The van der Waals surface area contributed by atoms with E-state index in [0.29, 0.717) is 25.7 Å². The van der Waals surface area contributed by atoms with Gasteiger partial charge in [-0.3, -0.25) is 23.7 Å². The van der Waals surface area contributed by atoms with Gasteiger partial charge >= 0.3 is 13.8 Å². The Morgan fingerprint density at radius 3 is 1.46 bits per heavy atom. The van der Waals surface area contributed by atoms with Crippen molar-refractivity contribution in [3.63, 3.8) is 0 Å². The molecule has 0 aromatic heterocycles. The van der Waals surface area contributed by atoms with Crippen molar-refractivity contribution in [1.82, 2.24) is 16.0 Å². The zero-order valence-electron chi connectivity index (χ0n) is 47.5. The van der Waals surface area contributed by atoms with E-state index in [2.05, 4.69) is 36.7 Å². The number of para-hydroxylation sites is 2. The third kappa shape index (κ3) is 37.0. The van der Waals surface area contributed by atoms with Crippen LogP contribution in [0.5, 0.6) is 11.5 Å². The number of amides is 3. The van der Waals surface area contributed by atoms with E-state index in [1.165, 1.54) is 103 Å². The first kappa shape index (κ1) is 68.1. The zero-order valence-corrected chi connectivity index (χ0v) is 48.4. The number of hydrogen-bond donors (Lipinski definition) is 5. The van der Waals surface area contributed by atoms with Gasteiger partial charge in [0.25, 0.3) is 0 Å². The SMILES string of the molecule is CCCCCCCCCCCC(=O)OC(CCCCCCCCCCC)CC(=O)NC(CCOP(=O)(Oc1ccccc1)Oc1ccccc1)C(=O)NCCCC(CO)NC(=O)CC(O)CCCCCCCCCCC. The van der Waals surface area contributed by atoms with E-state index in [-0.39, 0.29) is 68.8 Å². The lowest BCUT2D eigenvalue weighted by atomic mass is 10.0. The summed E-state index contributed by atoms with van der Waals surface area (Å²) in [7, 11) is -4.32. The molecule has 4 atom stereocenters. The Labute approximate surface area is 459 Å². The average molecular weight is 1090 g/mol. The monoisotopic (exact) mass is 1090 g/mol. The first-order valence-corrected chi connectivity index (χ1v) is 31.5. The minimum absolute atomic E-state index is 0.0496. The third-order valence-electron chi connectivity index (χ3n) is 13.7. The molecule has 0 aliphatic heterocycles. The van der Waals surface area contributed by atoms with E-state index in [1.54, 1.807) is 60.7 Å². The van der Waals surface area contributed by atoms with Crippen molar-refractivity contribution in [3.05, 3.63) is 60.7 Å². The number of ether oxygens (including phenoxy) is 1. The molecule has 15 heteroatoms. The van der Waals surface area contributed by atoms with Crippen molar-refractivity contribution in [2.24, 2.45) is 0 Å². The fourth-order valence-electron chi connectivity index (χ4n) is 9.20. The Morgan fingerprint density at radius 2 is 0.974 bits per heavy atom. The molecule has 2 aromatic rings. The molecule has 3 amide bonds. The number of esters is 1. The van der Waals surface area contributed by atoms with Gasteiger partial charge in [-0.15, -0.1) is 0 Å². The molecular weight excluding hydrogens is 982 g/mol. The molecular formula is C61H104N3O11P. The third-order valence-corrected chi connectivity index (χ3v) is 15.1. The topological polar surface area (TPSA) is 199 Å². The summed E-state index contributed by atoms with van der Waals surface area (Å²) in [5.41, 5.74) is 0. The summed E-state index contributed by atoms with van der Waals surface area (Å²) in [5.74, 6) is -1.18. The van der Waals surface area contributed by atoms with Gasteiger partial charge in [-0.1, -0.05) is 218 Å². The number of rotatable bonds is 51. The van der Waals surface area contributed by atoms with Gasteiger partial charge in [0, 0.05) is 19.4 Å². The molecule has 2 aromatic carbocycles. The zero-order chi connectivity index (χ0) is 55.2. The van der Waals surface area contributed by atoms with Crippen molar-refractivity contribution in [1.29, 1.82) is 0 Å². The van der Waals surface area contributed by atoms with E-state index in [0.717, 1.165) is 70.6 Å². The van der Waals surface area contributed by atoms with Crippen LogP contribution in [0.4, 0.5) is 0 Å². The van der Waals surface area contributed by atoms with E-state index >= 15 is 0 Å². The minimum Gasteiger partial charge on any atom is -0.462 e. The Hall–Kier alpha value is -3.97. The summed E-state index contributed by atoms with van der Waals surface area (Å²) in [6, 6.07) is 15.2. The Bertz CT molecular complexity index is 1750. The molecule has 2 rings (SSSR count). The van der Waals surface area contributed by atoms with Crippen LogP contribution in [0, 0.1) is 0 Å². The standard InChI is InChI=1S/C61H104N3O11P/c1-4-7-10-13-16-19-22-25-30-39-53(66)49-58(67)63-52(51-65)38-37-47-62-61(70)57(46-48-72-76(71,74-54-40-32-28-33-41-54)75-55-42-34-29-35-43-55)64-59(68)50-56(44-31-26-23-20-17-14-11-8-5-2)73-60(69)45-36-27-24-21-18-15-12-9-6-3/h28-29,32-35,40-43,52-53,56-57,65-66H,4-27,30-31,36-39,44-51H2,1-3H3,(H,62,70)(H,63,67)(H,64,68). The minimum atomic E-state index is -4.32. The smallest absolute Gasteiger partial charge is 0.462 e. The Balaban J connectivity index is 2.09. The average Bonchev–Trinajstić information content (AvgIpc) is 3.40. The fourth-order valence-corrected chi connectivity index (χ4v) is 10.4. The number of carbonyl (C=O) groups is 4. The van der Waals surface area contributed by atoms with Gasteiger partial charge in [0.1, 0.15) is 23.6 Å². The van der Waals surface area contributed by atoms with Crippen molar-refractivity contribution >= 4 is 31.5 Å². The summed E-state index contributed by atoms with van der Waals surface area (Å²) in [6.45, 7) is 6.17. The highest BCUT2D eigenvalue weighted by molar-refractivity contribution is 7.49. The molecule has 0 heterocycles. The predicted octanol–water partition coefficient (Wildman–Crippen LogP) is 14.3. The molecule has 5 N–H and O–H groups in total. The van der Waals surface area contributed by atoms with Crippen LogP contribution in [0.3, 0.4) is 0 Å². The molecule has 0 radical (unpaired) electrons. The van der Waals surface area contributed by atoms with Crippen LogP contribution in [0.2, 0.25) is 0 Å². The molecule has 4 unspecified atom stereocenters. The van der Waals surface area contributed by atoms with Crippen LogP contribution < -0.4 is 25.0 Å². The Kier molecular flexibility index (Phi) is 41.2. The normalized spacial score (nSPS) is 13.1. The number of aliphatic hydroxyl groups excluding tert-OH is 2. The number of phosphoric ester groups is 1. The van der Waals surface area contributed by atoms with Crippen LogP contribution in [0.25, 0.3) is 0 Å². The predicted molar refractivity (Wildman–Crippen MR) is 306 cm³/mol. The molecule has 434 valence electrons. The quantitative estimate of drug-likeness (QED) is 0.0240. The van der Waals surface area contributed by atoms with Crippen molar-refractivity contribution in [2.75, 3.05) is 19.8 Å². The van der Waals surface area contributed by atoms with Gasteiger partial charge in [0.15, 0.2) is 0 Å². The molecule has 0 bridgehead atoms. The summed E-state index contributed by atoms with van der Waals surface area (Å²) in [4.78, 5) is 53.9. The van der Waals surface area contributed by atoms with Gasteiger partial charge in [0.2, 0.25) is 17.7 Å². The molecule has 0 aliphatic carbocycles. The highest BCUT2D eigenvalue weighted by Crippen LogP contribution is 2.49. The van der Waals surface area contributed by atoms with Gasteiger partial charge in [0.05, 0.1) is 38.2 Å². The number of hydrogen-bond acceptors (Lipinski definition) is 11. The molecule has 14 nitrogen and oxygen atoms in total.